The summed E-state index contributed by atoms with van der Waals surface area (Å²) in [6.07, 6.45) is -0.785. The molecule has 6 heteroatoms. The number of esters is 2. The summed E-state index contributed by atoms with van der Waals surface area (Å²) in [7, 11) is 1.23. The molecule has 144 valence electrons. The summed E-state index contributed by atoms with van der Waals surface area (Å²) in [5, 5.41) is 10.0. The van der Waals surface area contributed by atoms with Crippen molar-refractivity contribution in [2.24, 2.45) is 5.41 Å². The molecule has 2 aromatic carbocycles. The first-order chi connectivity index (χ1) is 12.7. The van der Waals surface area contributed by atoms with Crippen LogP contribution in [0.5, 0.6) is 17.2 Å². The fraction of sp³-hybridized carbons (Fsp3) is 0.333. The Morgan fingerprint density at radius 2 is 1.70 bits per heavy atom. The summed E-state index contributed by atoms with van der Waals surface area (Å²) >= 11 is 0. The van der Waals surface area contributed by atoms with E-state index in [2.05, 4.69) is 0 Å². The molecule has 1 unspecified atom stereocenters. The number of ether oxygens (including phenoxy) is 3. The van der Waals surface area contributed by atoms with Crippen LogP contribution in [0.1, 0.15) is 37.6 Å². The van der Waals surface area contributed by atoms with Crippen molar-refractivity contribution in [1.82, 2.24) is 0 Å². The Morgan fingerprint density at radius 1 is 1.04 bits per heavy atom. The maximum atomic E-state index is 12.5. The van der Waals surface area contributed by atoms with Crippen LogP contribution in [0.2, 0.25) is 0 Å². The molecule has 0 aliphatic carbocycles. The van der Waals surface area contributed by atoms with Crippen LogP contribution in [0.4, 0.5) is 0 Å². The Bertz CT molecular complexity index is 792. The molecular formula is C21H24O6. The highest BCUT2D eigenvalue weighted by Gasteiger charge is 2.30. The first-order valence-electron chi connectivity index (χ1n) is 8.54. The molecule has 0 fully saturated rings. The predicted octanol–water partition coefficient (Wildman–Crippen LogP) is 4.32. The maximum absolute atomic E-state index is 12.5. The van der Waals surface area contributed by atoms with Gasteiger partial charge in [-0.25, -0.2) is 9.59 Å². The predicted molar refractivity (Wildman–Crippen MR) is 99.9 cm³/mol. The van der Waals surface area contributed by atoms with Crippen molar-refractivity contribution in [3.05, 3.63) is 54.1 Å². The summed E-state index contributed by atoms with van der Waals surface area (Å²) < 4.78 is 15.7. The molecule has 2 rings (SSSR count). The van der Waals surface area contributed by atoms with Gasteiger partial charge in [0.25, 0.3) is 0 Å². The first-order valence-corrected chi connectivity index (χ1v) is 8.54. The number of hydrogen-bond acceptors (Lipinski definition) is 6. The second-order valence-electron chi connectivity index (χ2n) is 7.28. The van der Waals surface area contributed by atoms with Crippen LogP contribution in [-0.2, 0) is 14.3 Å². The second-order valence-corrected chi connectivity index (χ2v) is 7.28. The number of phenolic OH excluding ortho intramolecular Hbond substituents is 1. The third-order valence-electron chi connectivity index (χ3n) is 3.68. The summed E-state index contributed by atoms with van der Waals surface area (Å²) in [4.78, 5) is 24.5. The Hall–Kier alpha value is -3.02. The van der Waals surface area contributed by atoms with Crippen molar-refractivity contribution in [2.45, 2.75) is 33.3 Å². The number of carbonyl (C=O) groups is 2. The van der Waals surface area contributed by atoms with E-state index in [1.165, 1.54) is 25.3 Å². The van der Waals surface area contributed by atoms with E-state index in [9.17, 15) is 14.7 Å². The number of hydrogen-bond donors (Lipinski definition) is 1. The summed E-state index contributed by atoms with van der Waals surface area (Å²) in [5.74, 6) is -0.793. The summed E-state index contributed by atoms with van der Waals surface area (Å²) in [6, 6.07) is 13.3. The molecule has 0 heterocycles. The number of rotatable bonds is 6. The quantitative estimate of drug-likeness (QED) is 0.761. The van der Waals surface area contributed by atoms with Gasteiger partial charge in [0.2, 0.25) is 0 Å². The van der Waals surface area contributed by atoms with E-state index in [-0.39, 0.29) is 23.1 Å². The van der Waals surface area contributed by atoms with Gasteiger partial charge >= 0.3 is 11.9 Å². The van der Waals surface area contributed by atoms with Crippen LogP contribution in [-0.4, -0.2) is 30.3 Å². The molecule has 0 spiro atoms. The lowest BCUT2D eigenvalue weighted by Crippen LogP contribution is -2.32. The first kappa shape index (κ1) is 20.3. The molecule has 2 aromatic rings. The van der Waals surface area contributed by atoms with Crippen LogP contribution in [0, 0.1) is 5.41 Å². The Balaban J connectivity index is 2.21. The van der Waals surface area contributed by atoms with Crippen molar-refractivity contribution in [1.29, 1.82) is 0 Å². The average molecular weight is 372 g/mol. The lowest BCUT2D eigenvalue weighted by Gasteiger charge is -2.24. The molecule has 0 aliphatic rings. The van der Waals surface area contributed by atoms with Gasteiger partial charge in [-0.2, -0.15) is 0 Å². The third kappa shape index (κ3) is 6.02. The summed E-state index contributed by atoms with van der Waals surface area (Å²) in [5.41, 5.74) is -0.356. The van der Waals surface area contributed by atoms with Gasteiger partial charge in [-0.1, -0.05) is 39.0 Å². The number of aromatic hydroxyl groups is 1. The van der Waals surface area contributed by atoms with Gasteiger partial charge in [-0.15, -0.1) is 0 Å². The van der Waals surface area contributed by atoms with Gasteiger partial charge in [0, 0.05) is 6.42 Å². The van der Waals surface area contributed by atoms with E-state index in [0.29, 0.717) is 11.5 Å². The van der Waals surface area contributed by atoms with E-state index in [1.54, 1.807) is 12.1 Å². The maximum Gasteiger partial charge on any atom is 0.347 e. The van der Waals surface area contributed by atoms with E-state index in [4.69, 9.17) is 14.2 Å². The zero-order valence-corrected chi connectivity index (χ0v) is 15.9. The standard InChI is InChI=1S/C21H24O6/c1-21(2,3)13-18(20(24)25-4)27-19(23)16-12-15(10-11-17(16)22)26-14-8-6-5-7-9-14/h5-12,18,22H,13H2,1-4H3. The zero-order chi connectivity index (χ0) is 20.0. The fourth-order valence-corrected chi connectivity index (χ4v) is 2.42. The molecule has 0 bridgehead atoms. The lowest BCUT2D eigenvalue weighted by atomic mass is 9.89. The summed E-state index contributed by atoms with van der Waals surface area (Å²) in [6.45, 7) is 5.76. The number of carbonyl (C=O) groups excluding carboxylic acids is 2. The molecule has 0 amide bonds. The molecule has 0 aliphatic heterocycles. The Kier molecular flexibility index (Phi) is 6.45. The van der Waals surface area contributed by atoms with Gasteiger partial charge < -0.3 is 19.3 Å². The van der Waals surface area contributed by atoms with E-state index in [1.807, 2.05) is 39.0 Å². The largest absolute Gasteiger partial charge is 0.507 e. The number of methoxy groups -OCH3 is 1. The normalized spacial score (nSPS) is 12.1. The molecule has 0 aromatic heterocycles. The monoisotopic (exact) mass is 372 g/mol. The third-order valence-corrected chi connectivity index (χ3v) is 3.68. The molecule has 0 saturated heterocycles. The van der Waals surface area contributed by atoms with Crippen molar-refractivity contribution in [2.75, 3.05) is 7.11 Å². The second kappa shape index (κ2) is 8.58. The highest BCUT2D eigenvalue weighted by Crippen LogP contribution is 2.29. The highest BCUT2D eigenvalue weighted by atomic mass is 16.6. The minimum absolute atomic E-state index is 0.0914. The smallest absolute Gasteiger partial charge is 0.347 e. The Morgan fingerprint density at radius 3 is 2.30 bits per heavy atom. The van der Waals surface area contributed by atoms with Gasteiger partial charge in [0.15, 0.2) is 6.10 Å². The minimum atomic E-state index is -1.07. The van der Waals surface area contributed by atoms with Gasteiger partial charge in [-0.3, -0.25) is 0 Å². The fourth-order valence-electron chi connectivity index (χ4n) is 2.42. The van der Waals surface area contributed by atoms with Crippen molar-refractivity contribution >= 4 is 11.9 Å². The molecule has 1 N–H and O–H groups in total. The van der Waals surface area contributed by atoms with Gasteiger partial charge in [0.05, 0.1) is 7.11 Å². The van der Waals surface area contributed by atoms with Crippen LogP contribution < -0.4 is 4.74 Å². The number of phenols is 1. The van der Waals surface area contributed by atoms with Crippen molar-refractivity contribution in [3.8, 4) is 17.2 Å². The van der Waals surface area contributed by atoms with Crippen molar-refractivity contribution < 1.29 is 28.9 Å². The number of para-hydroxylation sites is 1. The lowest BCUT2D eigenvalue weighted by molar-refractivity contribution is -0.152. The van der Waals surface area contributed by atoms with Crippen LogP contribution >= 0.6 is 0 Å². The Labute approximate surface area is 158 Å². The molecule has 27 heavy (non-hydrogen) atoms. The number of benzene rings is 2. The van der Waals surface area contributed by atoms with Crippen LogP contribution in [0.15, 0.2) is 48.5 Å². The molecule has 0 saturated carbocycles. The van der Waals surface area contributed by atoms with Crippen molar-refractivity contribution in [3.63, 3.8) is 0 Å². The SMILES string of the molecule is COC(=O)C(CC(C)(C)C)OC(=O)c1cc(Oc2ccccc2)ccc1O. The van der Waals surface area contributed by atoms with E-state index in [0.717, 1.165) is 0 Å². The van der Waals surface area contributed by atoms with Crippen LogP contribution in [0.25, 0.3) is 0 Å². The van der Waals surface area contributed by atoms with Gasteiger partial charge in [0.1, 0.15) is 22.8 Å². The molecule has 0 radical (unpaired) electrons. The molecular weight excluding hydrogens is 348 g/mol. The average Bonchev–Trinajstić information content (AvgIpc) is 2.61. The topological polar surface area (TPSA) is 82.1 Å². The zero-order valence-electron chi connectivity index (χ0n) is 15.9. The van der Waals surface area contributed by atoms with Crippen LogP contribution in [0.3, 0.4) is 0 Å². The van der Waals surface area contributed by atoms with E-state index >= 15 is 0 Å². The molecule has 1 atom stereocenters. The highest BCUT2D eigenvalue weighted by molar-refractivity contribution is 5.94. The molecule has 6 nitrogen and oxygen atoms in total. The minimum Gasteiger partial charge on any atom is -0.507 e. The van der Waals surface area contributed by atoms with Gasteiger partial charge in [-0.05, 0) is 35.7 Å². The van der Waals surface area contributed by atoms with E-state index < -0.39 is 18.0 Å².